The van der Waals surface area contributed by atoms with Crippen molar-refractivity contribution in [3.63, 3.8) is 0 Å². The number of anilines is 2. The average molecular weight is 724 g/mol. The normalized spacial score (nSPS) is 18.0. The number of carbonyl (C=O) groups is 1. The monoisotopic (exact) mass is 723 g/mol. The van der Waals surface area contributed by atoms with Gasteiger partial charge in [0, 0.05) is 30.3 Å². The summed E-state index contributed by atoms with van der Waals surface area (Å²) in [4.78, 5) is 35.4. The van der Waals surface area contributed by atoms with Gasteiger partial charge in [0.05, 0.1) is 46.7 Å². The highest BCUT2D eigenvalue weighted by Crippen LogP contribution is 2.42. The summed E-state index contributed by atoms with van der Waals surface area (Å²) < 4.78 is 79.3. The summed E-state index contributed by atoms with van der Waals surface area (Å²) in [6.45, 7) is 5.27. The summed E-state index contributed by atoms with van der Waals surface area (Å²) in [5.41, 5.74) is 0.815. The number of sulfonamides is 1. The van der Waals surface area contributed by atoms with Gasteiger partial charge >= 0.3 is 6.18 Å². The minimum Gasteiger partial charge on any atom is -0.475 e. The molecule has 1 N–H and O–H groups in total. The van der Waals surface area contributed by atoms with Crippen LogP contribution in [0.15, 0.2) is 65.8 Å². The van der Waals surface area contributed by atoms with Crippen LogP contribution in [0.25, 0.3) is 11.3 Å². The average Bonchev–Trinajstić information content (AvgIpc) is 3.03. The molecule has 11 nitrogen and oxygen atoms in total. The van der Waals surface area contributed by atoms with Crippen LogP contribution in [0.2, 0.25) is 0 Å². The zero-order valence-corrected chi connectivity index (χ0v) is 29.8. The van der Waals surface area contributed by atoms with Gasteiger partial charge in [-0.25, -0.2) is 23.1 Å². The molecular formula is C36H40F3N7O4S. The molecule has 0 radical (unpaired) electrons. The Balaban J connectivity index is 1.49. The number of benzene rings is 2. The van der Waals surface area contributed by atoms with Crippen LogP contribution in [-0.2, 0) is 16.6 Å². The molecule has 4 aromatic rings. The summed E-state index contributed by atoms with van der Waals surface area (Å²) in [5.74, 6) is -0.512. The van der Waals surface area contributed by atoms with Gasteiger partial charge < -0.3 is 14.5 Å². The second-order valence-corrected chi connectivity index (χ2v) is 15.5. The summed E-state index contributed by atoms with van der Waals surface area (Å²) in [6.07, 6.45) is 1.02. The SMILES string of the molecule is Cc1cccc(C)c1-c1cc2nc(n1)NS(=O)(=O)c1cccc(c1)C(=O)N(Cc1cncc(N(C)C3CCC3)n1)[C@H](CC(C)(C)C(F)(F)F)CO2. The summed E-state index contributed by atoms with van der Waals surface area (Å²) in [5, 5.41) is 0. The molecule has 2 aromatic heterocycles. The lowest BCUT2D eigenvalue weighted by molar-refractivity contribution is -0.217. The number of rotatable bonds is 7. The van der Waals surface area contributed by atoms with E-state index in [2.05, 4.69) is 19.7 Å². The second-order valence-electron chi connectivity index (χ2n) is 13.9. The topological polar surface area (TPSA) is 131 Å². The molecule has 6 rings (SSSR count). The number of ether oxygens (including phenoxy) is 1. The van der Waals surface area contributed by atoms with E-state index in [-0.39, 0.29) is 28.8 Å². The highest BCUT2D eigenvalue weighted by Gasteiger charge is 2.49. The zero-order chi connectivity index (χ0) is 36.7. The summed E-state index contributed by atoms with van der Waals surface area (Å²) in [6, 6.07) is 11.6. The van der Waals surface area contributed by atoms with E-state index in [9.17, 15) is 26.4 Å². The maximum absolute atomic E-state index is 14.5. The molecule has 1 aliphatic heterocycles. The zero-order valence-electron chi connectivity index (χ0n) is 29.0. The Labute approximate surface area is 295 Å². The molecule has 1 amide bonds. The van der Waals surface area contributed by atoms with Crippen LogP contribution >= 0.6 is 0 Å². The van der Waals surface area contributed by atoms with Gasteiger partial charge in [0.1, 0.15) is 12.4 Å². The van der Waals surface area contributed by atoms with E-state index in [0.717, 1.165) is 44.2 Å². The van der Waals surface area contributed by atoms with Gasteiger partial charge in [0.2, 0.25) is 11.8 Å². The molecule has 15 heteroatoms. The number of aryl methyl sites for hydroxylation is 2. The number of hydrogen-bond donors (Lipinski definition) is 1. The van der Waals surface area contributed by atoms with Crippen LogP contribution in [0.4, 0.5) is 24.9 Å². The predicted molar refractivity (Wildman–Crippen MR) is 186 cm³/mol. The molecule has 0 spiro atoms. The van der Waals surface area contributed by atoms with Gasteiger partial charge in [0.15, 0.2) is 0 Å². The third-order valence-corrected chi connectivity index (χ3v) is 11.0. The van der Waals surface area contributed by atoms with Crippen molar-refractivity contribution < 1.29 is 31.1 Å². The van der Waals surface area contributed by atoms with Crippen LogP contribution < -0.4 is 14.4 Å². The Morgan fingerprint density at radius 3 is 2.37 bits per heavy atom. The van der Waals surface area contributed by atoms with E-state index in [1.54, 1.807) is 6.20 Å². The Bertz CT molecular complexity index is 2030. The van der Waals surface area contributed by atoms with Crippen LogP contribution in [-0.4, -0.2) is 71.1 Å². The van der Waals surface area contributed by atoms with Gasteiger partial charge in [0.25, 0.3) is 15.9 Å². The fourth-order valence-electron chi connectivity index (χ4n) is 6.32. The lowest BCUT2D eigenvalue weighted by Crippen LogP contribution is -2.48. The summed E-state index contributed by atoms with van der Waals surface area (Å²) >= 11 is 0. The van der Waals surface area contributed by atoms with Crippen molar-refractivity contribution >= 4 is 27.7 Å². The number of fused-ring (bicyclic) bond motifs is 4. The van der Waals surface area contributed by atoms with Crippen molar-refractivity contribution in [3.8, 4) is 17.1 Å². The molecular weight excluding hydrogens is 684 g/mol. The van der Waals surface area contributed by atoms with Crippen molar-refractivity contribution in [1.29, 1.82) is 0 Å². The maximum Gasteiger partial charge on any atom is 0.394 e. The van der Waals surface area contributed by atoms with E-state index in [0.29, 0.717) is 28.8 Å². The van der Waals surface area contributed by atoms with E-state index in [1.165, 1.54) is 41.4 Å². The van der Waals surface area contributed by atoms with E-state index < -0.39 is 46.6 Å². The van der Waals surface area contributed by atoms with Gasteiger partial charge in [-0.2, -0.15) is 18.2 Å². The molecule has 3 heterocycles. The van der Waals surface area contributed by atoms with Crippen molar-refractivity contribution in [2.75, 3.05) is 23.3 Å². The fraction of sp³-hybridized carbons (Fsp3) is 0.417. The lowest BCUT2D eigenvalue weighted by atomic mass is 9.84. The van der Waals surface area contributed by atoms with E-state index >= 15 is 0 Å². The first-order chi connectivity index (χ1) is 24.0. The third kappa shape index (κ3) is 7.63. The van der Waals surface area contributed by atoms with Crippen LogP contribution in [0, 0.1) is 19.3 Å². The number of nitrogens with zero attached hydrogens (tertiary/aromatic N) is 6. The smallest absolute Gasteiger partial charge is 0.394 e. The maximum atomic E-state index is 14.5. The highest BCUT2D eigenvalue weighted by atomic mass is 32.2. The number of hydrogen-bond acceptors (Lipinski definition) is 9. The van der Waals surface area contributed by atoms with Crippen molar-refractivity contribution in [2.24, 2.45) is 5.41 Å². The predicted octanol–water partition coefficient (Wildman–Crippen LogP) is 6.72. The van der Waals surface area contributed by atoms with Crippen molar-refractivity contribution in [1.82, 2.24) is 24.8 Å². The minimum absolute atomic E-state index is 0.0495. The first kappa shape index (κ1) is 36.0. The molecule has 1 saturated carbocycles. The molecule has 270 valence electrons. The molecule has 51 heavy (non-hydrogen) atoms. The number of nitrogens with one attached hydrogen (secondary N) is 1. The van der Waals surface area contributed by atoms with Gasteiger partial charge in [-0.15, -0.1) is 0 Å². The van der Waals surface area contributed by atoms with Crippen molar-refractivity contribution in [2.45, 2.75) is 83.1 Å². The Morgan fingerprint density at radius 2 is 1.71 bits per heavy atom. The number of amides is 1. The van der Waals surface area contributed by atoms with E-state index in [1.807, 2.05) is 44.0 Å². The largest absolute Gasteiger partial charge is 0.475 e. The fourth-order valence-corrected chi connectivity index (χ4v) is 7.31. The molecule has 2 aliphatic rings. The van der Waals surface area contributed by atoms with Crippen LogP contribution in [0.1, 0.15) is 66.7 Å². The number of alkyl halides is 3. The minimum atomic E-state index is -4.62. The van der Waals surface area contributed by atoms with Gasteiger partial charge in [-0.05, 0) is 68.9 Å². The van der Waals surface area contributed by atoms with Crippen LogP contribution in [0.5, 0.6) is 5.88 Å². The molecule has 1 fully saturated rings. The van der Waals surface area contributed by atoms with E-state index in [4.69, 9.17) is 9.72 Å². The number of halogens is 3. The molecule has 4 bridgehead atoms. The number of carbonyl (C=O) groups excluding carboxylic acids is 1. The molecule has 0 saturated heterocycles. The Hall–Kier alpha value is -4.79. The first-order valence-electron chi connectivity index (χ1n) is 16.7. The standard InChI is InChI=1S/C36H40F3N7O4S/c1-22-9-6-10-23(2)32(22)29-16-31-43-34(42-29)44-51(48,49)28-14-7-11-24(15-28)33(47)46(27(21-50-31)17-35(3,4)36(37,38)39)20-25-18-40-19-30(41-25)45(5)26-12-8-13-26/h6-7,9-11,14-16,18-19,26-27H,8,12-13,17,20-21H2,1-5H3,(H,42,43,44)/t27-/m1/s1. The first-order valence-corrected chi connectivity index (χ1v) is 18.1. The Kier molecular flexibility index (Phi) is 9.70. The molecule has 1 aliphatic carbocycles. The third-order valence-electron chi connectivity index (χ3n) is 9.68. The van der Waals surface area contributed by atoms with Crippen molar-refractivity contribution in [3.05, 3.63) is 83.3 Å². The number of aromatic nitrogens is 4. The quantitative estimate of drug-likeness (QED) is 0.221. The molecule has 1 atom stereocenters. The van der Waals surface area contributed by atoms with Gasteiger partial charge in [-0.1, -0.05) is 38.1 Å². The highest BCUT2D eigenvalue weighted by molar-refractivity contribution is 7.92. The van der Waals surface area contributed by atoms with Gasteiger partial charge in [-0.3, -0.25) is 9.78 Å². The Morgan fingerprint density at radius 1 is 1.00 bits per heavy atom. The lowest BCUT2D eigenvalue weighted by Gasteiger charge is -2.38. The van der Waals surface area contributed by atoms with Crippen LogP contribution in [0.3, 0.4) is 0 Å². The second kappa shape index (κ2) is 13.7. The summed E-state index contributed by atoms with van der Waals surface area (Å²) in [7, 11) is -2.43. The molecule has 0 unspecified atom stereocenters. The molecule has 2 aromatic carbocycles.